The average Bonchev–Trinajstić information content (AvgIpc) is 3.40. The Morgan fingerprint density at radius 3 is 2.40 bits per heavy atom. The Kier molecular flexibility index (Phi) is 6.21. The summed E-state index contributed by atoms with van der Waals surface area (Å²) in [6.07, 6.45) is 5.38. The number of aromatic amines is 1. The van der Waals surface area contributed by atoms with Crippen molar-refractivity contribution in [3.63, 3.8) is 0 Å². The first-order valence-electron chi connectivity index (χ1n) is 13.7. The maximum atomic E-state index is 14.0. The van der Waals surface area contributed by atoms with E-state index in [1.165, 1.54) is 18.3 Å². The number of ether oxygens (including phenoxy) is 1. The SMILES string of the molecule is COC(=O)c1ccc(C2=CC[C@]3(C)CN(C(=O)c4ccccc4-c4nc5ccccc5[nH]4)CC=C3C2(C)C)cc1. The minimum atomic E-state index is -0.336. The molecule has 0 unspecified atom stereocenters. The summed E-state index contributed by atoms with van der Waals surface area (Å²) >= 11 is 0. The summed E-state index contributed by atoms with van der Waals surface area (Å²) in [4.78, 5) is 36.0. The molecule has 4 aromatic rings. The summed E-state index contributed by atoms with van der Waals surface area (Å²) in [7, 11) is 1.39. The lowest BCUT2D eigenvalue weighted by Gasteiger charge is -2.50. The molecular formula is C34H33N3O3. The van der Waals surface area contributed by atoms with E-state index in [1.54, 1.807) is 0 Å². The number of methoxy groups -OCH3 is 1. The van der Waals surface area contributed by atoms with Crippen molar-refractivity contribution < 1.29 is 14.3 Å². The van der Waals surface area contributed by atoms with Gasteiger partial charge < -0.3 is 14.6 Å². The number of H-pyrrole nitrogens is 1. The number of nitrogens with zero attached hydrogens (tertiary/aromatic N) is 2. The van der Waals surface area contributed by atoms with Crippen molar-refractivity contribution in [3.8, 4) is 11.4 Å². The fraction of sp³-hybridized carbons (Fsp3) is 0.265. The van der Waals surface area contributed by atoms with E-state index in [2.05, 4.69) is 37.9 Å². The van der Waals surface area contributed by atoms with Crippen molar-refractivity contribution in [1.82, 2.24) is 14.9 Å². The molecule has 1 aliphatic carbocycles. The number of amides is 1. The maximum Gasteiger partial charge on any atom is 0.337 e. The molecule has 1 N–H and O–H groups in total. The minimum Gasteiger partial charge on any atom is -0.465 e. The maximum absolute atomic E-state index is 14.0. The molecule has 6 nitrogen and oxygen atoms in total. The molecule has 3 aromatic carbocycles. The van der Waals surface area contributed by atoms with Gasteiger partial charge in [0.2, 0.25) is 0 Å². The molecule has 0 radical (unpaired) electrons. The molecule has 1 amide bonds. The van der Waals surface area contributed by atoms with E-state index in [1.807, 2.05) is 77.7 Å². The Balaban J connectivity index is 1.28. The number of esters is 1. The van der Waals surface area contributed by atoms with Crippen LogP contribution in [-0.4, -0.2) is 46.9 Å². The van der Waals surface area contributed by atoms with Crippen molar-refractivity contribution in [1.29, 1.82) is 0 Å². The van der Waals surface area contributed by atoms with Gasteiger partial charge in [-0.25, -0.2) is 9.78 Å². The molecule has 0 saturated carbocycles. The zero-order valence-corrected chi connectivity index (χ0v) is 23.3. The third-order valence-electron chi connectivity index (χ3n) is 8.52. The lowest BCUT2D eigenvalue weighted by molar-refractivity contribution is 0.0600. The van der Waals surface area contributed by atoms with E-state index >= 15 is 0 Å². The van der Waals surface area contributed by atoms with Crippen molar-refractivity contribution in [2.75, 3.05) is 20.2 Å². The van der Waals surface area contributed by atoms with E-state index in [0.717, 1.165) is 28.6 Å². The van der Waals surface area contributed by atoms with Crippen LogP contribution >= 0.6 is 0 Å². The Morgan fingerprint density at radius 2 is 1.65 bits per heavy atom. The van der Waals surface area contributed by atoms with Gasteiger partial charge in [0.15, 0.2) is 0 Å². The standard InChI is InChI=1S/C34H33N3O3/c1-33(2)26(22-13-15-23(16-14-22)32(39)40-4)17-19-34(3)21-37(20-18-29(33)34)31(38)25-10-6-5-9-24(25)30-35-27-11-7-8-12-28(27)36-30/h5-18H,19-21H2,1-4H3,(H,35,36)/t34-/m1/s1. The second-order valence-electron chi connectivity index (χ2n) is 11.5. The van der Waals surface area contributed by atoms with Crippen molar-refractivity contribution in [2.45, 2.75) is 27.2 Å². The average molecular weight is 532 g/mol. The number of benzene rings is 3. The number of fused-ring (bicyclic) bond motifs is 2. The third kappa shape index (κ3) is 4.24. The van der Waals surface area contributed by atoms with Gasteiger partial charge >= 0.3 is 5.97 Å². The highest BCUT2D eigenvalue weighted by Gasteiger charge is 2.46. The van der Waals surface area contributed by atoms with E-state index in [0.29, 0.717) is 30.0 Å². The highest BCUT2D eigenvalue weighted by atomic mass is 16.5. The van der Waals surface area contributed by atoms with Crippen molar-refractivity contribution in [2.24, 2.45) is 10.8 Å². The zero-order valence-electron chi connectivity index (χ0n) is 23.3. The minimum absolute atomic E-state index is 0.0126. The number of nitrogens with one attached hydrogen (secondary N) is 1. The first-order chi connectivity index (χ1) is 19.2. The molecule has 1 aliphatic heterocycles. The lowest BCUT2D eigenvalue weighted by Crippen LogP contribution is -2.48. The second kappa shape index (κ2) is 9.63. The molecule has 1 atom stereocenters. The molecule has 2 heterocycles. The van der Waals surface area contributed by atoms with Crippen LogP contribution in [0.1, 0.15) is 53.5 Å². The Hall–Kier alpha value is -4.45. The quantitative estimate of drug-likeness (QED) is 0.229. The topological polar surface area (TPSA) is 75.3 Å². The van der Waals surface area contributed by atoms with Gasteiger partial charge in [-0.1, -0.05) is 81.0 Å². The summed E-state index contributed by atoms with van der Waals surface area (Å²) in [5, 5.41) is 0. The fourth-order valence-electron chi connectivity index (χ4n) is 6.59. The van der Waals surface area contributed by atoms with Gasteiger partial charge in [0.25, 0.3) is 5.91 Å². The number of hydrogen-bond acceptors (Lipinski definition) is 4. The molecule has 0 spiro atoms. The van der Waals surface area contributed by atoms with Crippen molar-refractivity contribution in [3.05, 3.63) is 107 Å². The van der Waals surface area contributed by atoms with Gasteiger partial charge in [-0.05, 0) is 47.9 Å². The first kappa shape index (κ1) is 25.8. The number of para-hydroxylation sites is 2. The van der Waals surface area contributed by atoms with E-state index < -0.39 is 0 Å². The number of hydrogen-bond donors (Lipinski definition) is 1. The number of allylic oxidation sites excluding steroid dienone is 2. The fourth-order valence-corrected chi connectivity index (χ4v) is 6.59. The number of rotatable bonds is 4. The molecular weight excluding hydrogens is 498 g/mol. The summed E-state index contributed by atoms with van der Waals surface area (Å²) in [6.45, 7) is 7.96. The van der Waals surface area contributed by atoms with Crippen LogP contribution in [0.5, 0.6) is 0 Å². The molecule has 0 saturated heterocycles. The molecule has 2 aliphatic rings. The monoisotopic (exact) mass is 531 g/mol. The van der Waals surface area contributed by atoms with Crippen LogP contribution in [0.3, 0.4) is 0 Å². The molecule has 40 heavy (non-hydrogen) atoms. The largest absolute Gasteiger partial charge is 0.465 e. The Morgan fingerprint density at radius 1 is 0.925 bits per heavy atom. The van der Waals surface area contributed by atoms with Gasteiger partial charge in [-0.15, -0.1) is 0 Å². The summed E-state index contributed by atoms with van der Waals surface area (Å²) in [5.74, 6) is 0.380. The number of carbonyl (C=O) groups is 2. The predicted octanol–water partition coefficient (Wildman–Crippen LogP) is 6.92. The molecule has 1 aromatic heterocycles. The third-order valence-corrected chi connectivity index (χ3v) is 8.52. The smallest absolute Gasteiger partial charge is 0.337 e. The number of carbonyl (C=O) groups excluding carboxylic acids is 2. The summed E-state index contributed by atoms with van der Waals surface area (Å²) in [5.41, 5.74) is 7.12. The van der Waals surface area contributed by atoms with Gasteiger partial charge in [-0.3, -0.25) is 4.79 Å². The van der Waals surface area contributed by atoms with E-state index in [-0.39, 0.29) is 22.7 Å². The molecule has 0 bridgehead atoms. The highest BCUT2D eigenvalue weighted by molar-refractivity contribution is 6.01. The van der Waals surface area contributed by atoms with Gasteiger partial charge in [0.05, 0.1) is 29.3 Å². The Bertz CT molecular complexity index is 1660. The molecule has 6 rings (SSSR count). The van der Waals surface area contributed by atoms with Crippen LogP contribution in [-0.2, 0) is 4.74 Å². The van der Waals surface area contributed by atoms with E-state index in [9.17, 15) is 9.59 Å². The van der Waals surface area contributed by atoms with Crippen LogP contribution in [0.4, 0.5) is 0 Å². The molecule has 202 valence electrons. The van der Waals surface area contributed by atoms with Crippen LogP contribution in [0.15, 0.2) is 90.5 Å². The lowest BCUT2D eigenvalue weighted by atomic mass is 9.58. The second-order valence-corrected chi connectivity index (χ2v) is 11.5. The molecule has 0 fully saturated rings. The highest BCUT2D eigenvalue weighted by Crippen LogP contribution is 2.55. The van der Waals surface area contributed by atoms with Crippen LogP contribution in [0, 0.1) is 10.8 Å². The zero-order chi connectivity index (χ0) is 28.1. The number of aromatic nitrogens is 2. The number of imidazole rings is 1. The van der Waals surface area contributed by atoms with Crippen LogP contribution < -0.4 is 0 Å². The summed E-state index contributed by atoms with van der Waals surface area (Å²) < 4.78 is 4.85. The van der Waals surface area contributed by atoms with Crippen molar-refractivity contribution >= 4 is 28.5 Å². The normalized spacial score (nSPS) is 19.9. The van der Waals surface area contributed by atoms with Crippen LogP contribution in [0.2, 0.25) is 0 Å². The van der Waals surface area contributed by atoms with Crippen LogP contribution in [0.25, 0.3) is 28.0 Å². The predicted molar refractivity (Wildman–Crippen MR) is 158 cm³/mol. The first-order valence-corrected chi connectivity index (χ1v) is 13.7. The van der Waals surface area contributed by atoms with Gasteiger partial charge in [0, 0.05) is 29.5 Å². The van der Waals surface area contributed by atoms with Gasteiger partial charge in [-0.2, -0.15) is 0 Å². The van der Waals surface area contributed by atoms with Gasteiger partial charge in [0.1, 0.15) is 5.82 Å². The van der Waals surface area contributed by atoms with E-state index in [4.69, 9.17) is 9.72 Å². The Labute approximate surface area is 234 Å². The molecule has 6 heteroatoms. The summed E-state index contributed by atoms with van der Waals surface area (Å²) in [6, 6.07) is 23.3.